The van der Waals surface area contributed by atoms with Crippen molar-refractivity contribution in [2.75, 3.05) is 0 Å². The summed E-state index contributed by atoms with van der Waals surface area (Å²) < 4.78 is 0. The van der Waals surface area contributed by atoms with Crippen molar-refractivity contribution in [1.29, 1.82) is 0 Å². The first-order chi connectivity index (χ1) is 15.0. The highest BCUT2D eigenvalue weighted by molar-refractivity contribution is 8.17. The molecule has 5 rings (SSSR count). The van der Waals surface area contributed by atoms with E-state index in [1.807, 2.05) is 0 Å². The lowest BCUT2D eigenvalue weighted by atomic mass is 9.87. The van der Waals surface area contributed by atoms with Gasteiger partial charge < -0.3 is 0 Å². The molecule has 0 aliphatic heterocycles. The summed E-state index contributed by atoms with van der Waals surface area (Å²) in [6.45, 7) is 6.83. The minimum absolute atomic E-state index is 0.160. The first-order valence-corrected chi connectivity index (χ1v) is 12.2. The summed E-state index contributed by atoms with van der Waals surface area (Å²) in [6, 6.07) is 40.5. The lowest BCUT2D eigenvalue weighted by molar-refractivity contribution is 0.589. The van der Waals surface area contributed by atoms with Gasteiger partial charge in [-0.3, -0.25) is 0 Å². The van der Waals surface area contributed by atoms with Gasteiger partial charge in [0.1, 0.15) is 0 Å². The van der Waals surface area contributed by atoms with Crippen molar-refractivity contribution in [2.45, 2.75) is 40.9 Å². The van der Waals surface area contributed by atoms with E-state index < -0.39 is 10.9 Å². The van der Waals surface area contributed by atoms with Gasteiger partial charge in [-0.15, -0.1) is 0 Å². The van der Waals surface area contributed by atoms with E-state index in [-0.39, 0.29) is 5.41 Å². The van der Waals surface area contributed by atoms with Crippen molar-refractivity contribution < 1.29 is 0 Å². The van der Waals surface area contributed by atoms with Gasteiger partial charge in [0, 0.05) is 0 Å². The number of rotatable bonds is 3. The number of benzene rings is 5. The SMILES string of the molecule is CC(C)(C)c1ccc([SH](c2ccc3ccccc3c2)c2ccc3ccccc3c2)cc1. The average Bonchev–Trinajstić information content (AvgIpc) is 2.79. The van der Waals surface area contributed by atoms with Crippen LogP contribution in [0.2, 0.25) is 0 Å². The smallest absolute Gasteiger partial charge is 0.00388 e. The molecule has 0 radical (unpaired) electrons. The van der Waals surface area contributed by atoms with Crippen LogP contribution in [0.3, 0.4) is 0 Å². The molecule has 0 saturated heterocycles. The van der Waals surface area contributed by atoms with Crippen LogP contribution < -0.4 is 0 Å². The Morgan fingerprint density at radius 1 is 0.452 bits per heavy atom. The van der Waals surface area contributed by atoms with Crippen LogP contribution in [-0.4, -0.2) is 0 Å². The molecule has 0 bridgehead atoms. The molecular weight excluding hydrogens is 392 g/mol. The quantitative estimate of drug-likeness (QED) is 0.277. The van der Waals surface area contributed by atoms with Crippen LogP contribution in [0, 0.1) is 0 Å². The van der Waals surface area contributed by atoms with Crippen molar-refractivity contribution in [3.05, 3.63) is 115 Å². The molecular formula is C30H28S. The van der Waals surface area contributed by atoms with E-state index in [1.54, 1.807) is 0 Å². The van der Waals surface area contributed by atoms with Crippen molar-refractivity contribution in [3.63, 3.8) is 0 Å². The van der Waals surface area contributed by atoms with E-state index in [4.69, 9.17) is 0 Å². The zero-order valence-corrected chi connectivity index (χ0v) is 19.2. The normalized spacial score (nSPS) is 12.3. The van der Waals surface area contributed by atoms with Gasteiger partial charge in [-0.1, -0.05) is 93.6 Å². The Kier molecular flexibility index (Phi) is 5.08. The van der Waals surface area contributed by atoms with Crippen LogP contribution in [-0.2, 0) is 5.41 Å². The number of thiol groups is 1. The largest absolute Gasteiger partial charge is 0.173 e. The van der Waals surface area contributed by atoms with Gasteiger partial charge in [0.05, 0.1) is 0 Å². The third-order valence-electron chi connectivity index (χ3n) is 5.97. The van der Waals surface area contributed by atoms with Crippen molar-refractivity contribution in [3.8, 4) is 0 Å². The molecule has 154 valence electrons. The highest BCUT2D eigenvalue weighted by Gasteiger charge is 2.17. The zero-order chi connectivity index (χ0) is 21.4. The first kappa shape index (κ1) is 19.9. The number of hydrogen-bond acceptors (Lipinski definition) is 0. The van der Waals surface area contributed by atoms with Gasteiger partial charge in [0.2, 0.25) is 0 Å². The van der Waals surface area contributed by atoms with Gasteiger partial charge >= 0.3 is 0 Å². The van der Waals surface area contributed by atoms with Crippen LogP contribution in [0.4, 0.5) is 0 Å². The van der Waals surface area contributed by atoms with Crippen LogP contribution in [0.5, 0.6) is 0 Å². The molecule has 0 amide bonds. The fraction of sp³-hybridized carbons (Fsp3) is 0.133. The summed E-state index contributed by atoms with van der Waals surface area (Å²) in [6.07, 6.45) is 0. The Hall–Kier alpha value is -3.03. The standard InChI is InChI=1S/C30H28S/c1-30(2,3)26-14-18-27(19-15-26)31(28-16-12-22-8-4-6-10-24(22)20-28)29-17-13-23-9-5-7-11-25(23)21-29/h4-21,31H,1-3H3. The summed E-state index contributed by atoms with van der Waals surface area (Å²) >= 11 is 0. The van der Waals surface area contributed by atoms with Gasteiger partial charge in [0.15, 0.2) is 0 Å². The minimum atomic E-state index is -0.641. The second-order valence-electron chi connectivity index (χ2n) is 9.20. The maximum atomic E-state index is 2.38. The Morgan fingerprint density at radius 2 is 0.871 bits per heavy atom. The van der Waals surface area contributed by atoms with Crippen molar-refractivity contribution in [2.24, 2.45) is 0 Å². The molecule has 0 aromatic heterocycles. The molecule has 0 spiro atoms. The van der Waals surface area contributed by atoms with E-state index >= 15 is 0 Å². The van der Waals surface area contributed by atoms with Crippen LogP contribution >= 0.6 is 10.9 Å². The third-order valence-corrected chi connectivity index (χ3v) is 8.38. The molecule has 0 fully saturated rings. The Bertz CT molecular complexity index is 1280. The number of fused-ring (bicyclic) bond motifs is 2. The fourth-order valence-corrected chi connectivity index (χ4v) is 6.51. The van der Waals surface area contributed by atoms with E-state index in [9.17, 15) is 0 Å². The predicted molar refractivity (Wildman–Crippen MR) is 137 cm³/mol. The van der Waals surface area contributed by atoms with Gasteiger partial charge in [-0.05, 0) is 83.6 Å². The first-order valence-electron chi connectivity index (χ1n) is 10.9. The zero-order valence-electron chi connectivity index (χ0n) is 18.3. The second kappa shape index (κ2) is 7.90. The van der Waals surface area contributed by atoms with Gasteiger partial charge in [0.25, 0.3) is 0 Å². The van der Waals surface area contributed by atoms with E-state index in [0.717, 1.165) is 0 Å². The van der Waals surface area contributed by atoms with Crippen molar-refractivity contribution in [1.82, 2.24) is 0 Å². The third kappa shape index (κ3) is 3.98. The summed E-state index contributed by atoms with van der Waals surface area (Å²) in [7, 11) is -0.641. The molecule has 5 aromatic carbocycles. The molecule has 0 aliphatic carbocycles. The summed E-state index contributed by atoms with van der Waals surface area (Å²) in [5.41, 5.74) is 1.54. The summed E-state index contributed by atoms with van der Waals surface area (Å²) in [5.74, 6) is 0. The number of hydrogen-bond donors (Lipinski definition) is 1. The average molecular weight is 421 g/mol. The van der Waals surface area contributed by atoms with Crippen LogP contribution in [0.15, 0.2) is 124 Å². The van der Waals surface area contributed by atoms with Crippen LogP contribution in [0.1, 0.15) is 26.3 Å². The maximum Gasteiger partial charge on any atom is -0.00388 e. The molecule has 5 aromatic rings. The molecule has 0 atom stereocenters. The highest BCUT2D eigenvalue weighted by Crippen LogP contribution is 2.52. The lowest BCUT2D eigenvalue weighted by Crippen LogP contribution is -2.10. The summed E-state index contributed by atoms with van der Waals surface area (Å²) in [4.78, 5) is 4.19. The van der Waals surface area contributed by atoms with Gasteiger partial charge in [-0.25, -0.2) is 0 Å². The topological polar surface area (TPSA) is 0 Å². The Balaban J connectivity index is 1.68. The molecule has 0 aliphatic rings. The van der Waals surface area contributed by atoms with Crippen molar-refractivity contribution >= 4 is 32.4 Å². The van der Waals surface area contributed by atoms with Gasteiger partial charge in [-0.2, -0.15) is 10.9 Å². The lowest BCUT2D eigenvalue weighted by Gasteiger charge is -2.26. The highest BCUT2D eigenvalue weighted by atomic mass is 32.2. The monoisotopic (exact) mass is 420 g/mol. The maximum absolute atomic E-state index is 2.38. The molecule has 0 nitrogen and oxygen atoms in total. The molecule has 0 unspecified atom stereocenters. The Labute approximate surface area is 187 Å². The fourth-order valence-electron chi connectivity index (χ4n) is 4.19. The second-order valence-corrected chi connectivity index (χ2v) is 11.4. The Morgan fingerprint density at radius 3 is 1.32 bits per heavy atom. The van der Waals surface area contributed by atoms with E-state index in [1.165, 1.54) is 41.8 Å². The predicted octanol–water partition coefficient (Wildman–Crippen LogP) is 8.77. The molecule has 0 heterocycles. The van der Waals surface area contributed by atoms with E-state index in [2.05, 4.69) is 130 Å². The minimum Gasteiger partial charge on any atom is -0.173 e. The summed E-state index contributed by atoms with van der Waals surface area (Å²) in [5, 5.41) is 5.20. The molecule has 31 heavy (non-hydrogen) atoms. The molecule has 0 saturated carbocycles. The van der Waals surface area contributed by atoms with Crippen LogP contribution in [0.25, 0.3) is 21.5 Å². The molecule has 1 heteroatoms. The van der Waals surface area contributed by atoms with E-state index in [0.29, 0.717) is 0 Å². The molecule has 0 N–H and O–H groups in total.